The monoisotopic (exact) mass is 270 g/mol. The minimum absolute atomic E-state index is 1.04. The van der Waals surface area contributed by atoms with Gasteiger partial charge in [-0.25, -0.2) is 4.98 Å². The largest absolute Gasteiger partial charge is 0.339 e. The van der Waals surface area contributed by atoms with Gasteiger partial charge in [0.2, 0.25) is 0 Å². The van der Waals surface area contributed by atoms with Gasteiger partial charge in [0.25, 0.3) is 0 Å². The van der Waals surface area contributed by atoms with Crippen molar-refractivity contribution in [1.29, 1.82) is 0 Å². The molecule has 0 saturated carbocycles. The molecule has 0 saturated heterocycles. The summed E-state index contributed by atoms with van der Waals surface area (Å²) in [6.45, 7) is 1.04. The van der Waals surface area contributed by atoms with Gasteiger partial charge in [-0.15, -0.1) is 0 Å². The van der Waals surface area contributed by atoms with Crippen LogP contribution in [0.15, 0.2) is 60.7 Å². The first-order valence-corrected chi connectivity index (χ1v) is 7.37. The van der Waals surface area contributed by atoms with Crippen LogP contribution < -0.4 is 0 Å². The highest BCUT2D eigenvalue weighted by Crippen LogP contribution is 2.34. The van der Waals surface area contributed by atoms with E-state index in [-0.39, 0.29) is 0 Å². The van der Waals surface area contributed by atoms with Crippen LogP contribution in [0, 0.1) is 0 Å². The third-order valence-electron chi connectivity index (χ3n) is 4.46. The van der Waals surface area contributed by atoms with Crippen LogP contribution in [0.3, 0.4) is 0 Å². The number of para-hydroxylation sites is 2. The van der Waals surface area contributed by atoms with Crippen molar-refractivity contribution in [3.8, 4) is 11.4 Å². The number of hydrogen-bond donors (Lipinski definition) is 0. The lowest BCUT2D eigenvalue weighted by Gasteiger charge is -2.19. The second kappa shape index (κ2) is 3.95. The molecular formula is C19H14N2. The Balaban J connectivity index is 1.87. The summed E-state index contributed by atoms with van der Waals surface area (Å²) in [6, 6.07) is 21.5. The molecule has 0 unspecified atom stereocenters. The van der Waals surface area contributed by atoms with Crippen LogP contribution in [0.5, 0.6) is 0 Å². The smallest absolute Gasteiger partial charge is 0.0907 e. The summed E-state index contributed by atoms with van der Waals surface area (Å²) in [5, 5.41) is 2.54. The van der Waals surface area contributed by atoms with Crippen molar-refractivity contribution in [3.05, 3.63) is 66.2 Å². The molecule has 0 radical (unpaired) electrons. The van der Waals surface area contributed by atoms with Crippen LogP contribution in [0.2, 0.25) is 0 Å². The fraction of sp³-hybridized carbons (Fsp3) is 0.105. The molecule has 5 rings (SSSR count). The molecule has 21 heavy (non-hydrogen) atoms. The van der Waals surface area contributed by atoms with E-state index < -0.39 is 0 Å². The molecule has 0 fully saturated rings. The Bertz CT molecular complexity index is 995. The second-order valence-electron chi connectivity index (χ2n) is 5.68. The lowest BCUT2D eigenvalue weighted by Crippen LogP contribution is -2.11. The van der Waals surface area contributed by atoms with Crippen LogP contribution in [-0.4, -0.2) is 9.55 Å². The van der Waals surface area contributed by atoms with Crippen LogP contribution >= 0.6 is 0 Å². The Morgan fingerprint density at radius 2 is 1.67 bits per heavy atom. The molecule has 0 amide bonds. The second-order valence-corrected chi connectivity index (χ2v) is 5.68. The van der Waals surface area contributed by atoms with E-state index in [9.17, 15) is 0 Å². The third kappa shape index (κ3) is 1.50. The van der Waals surface area contributed by atoms with Gasteiger partial charge in [0, 0.05) is 22.8 Å². The number of benzene rings is 2. The molecule has 0 spiro atoms. The highest BCUT2D eigenvalue weighted by Gasteiger charge is 2.20. The number of rotatable bonds is 0. The summed E-state index contributed by atoms with van der Waals surface area (Å²) in [5.74, 6) is 0. The highest BCUT2D eigenvalue weighted by molar-refractivity contribution is 5.90. The SMILES string of the molecule is c1ccc2nc3c(cc2c1)CCn1c-3cc2ccccc21. The zero-order chi connectivity index (χ0) is 13.8. The summed E-state index contributed by atoms with van der Waals surface area (Å²) in [4.78, 5) is 4.93. The molecule has 2 aromatic carbocycles. The first kappa shape index (κ1) is 11.1. The molecule has 0 aliphatic carbocycles. The summed E-state index contributed by atoms with van der Waals surface area (Å²) in [7, 11) is 0. The number of aromatic nitrogens is 2. The molecule has 0 atom stereocenters. The maximum absolute atomic E-state index is 4.93. The normalized spacial score (nSPS) is 13.3. The molecule has 4 aromatic rings. The van der Waals surface area contributed by atoms with Crippen molar-refractivity contribution in [1.82, 2.24) is 9.55 Å². The highest BCUT2D eigenvalue weighted by atomic mass is 15.0. The van der Waals surface area contributed by atoms with E-state index in [1.807, 2.05) is 0 Å². The van der Waals surface area contributed by atoms with Crippen molar-refractivity contribution in [2.75, 3.05) is 0 Å². The molecule has 2 aromatic heterocycles. The van der Waals surface area contributed by atoms with Gasteiger partial charge >= 0.3 is 0 Å². The van der Waals surface area contributed by atoms with E-state index in [1.54, 1.807) is 0 Å². The standard InChI is InChI=1S/C19H14N2/c1-3-7-16-13(5-1)11-15-9-10-21-17-8-4-2-6-14(17)12-18(21)19(15)20-16/h1-8,11-12H,9-10H2. The van der Waals surface area contributed by atoms with Crippen LogP contribution in [0.25, 0.3) is 33.2 Å². The van der Waals surface area contributed by atoms with Gasteiger partial charge in [-0.05, 0) is 36.2 Å². The van der Waals surface area contributed by atoms with E-state index in [1.165, 1.54) is 27.5 Å². The topological polar surface area (TPSA) is 17.8 Å². The predicted octanol–water partition coefficient (Wildman–Crippen LogP) is 4.41. The fourth-order valence-electron chi connectivity index (χ4n) is 3.45. The van der Waals surface area contributed by atoms with Crippen LogP contribution in [-0.2, 0) is 13.0 Å². The quantitative estimate of drug-likeness (QED) is 0.462. The number of fused-ring (bicyclic) bond motifs is 6. The van der Waals surface area contributed by atoms with Gasteiger partial charge in [-0.1, -0.05) is 36.4 Å². The maximum atomic E-state index is 4.93. The third-order valence-corrected chi connectivity index (χ3v) is 4.46. The van der Waals surface area contributed by atoms with E-state index >= 15 is 0 Å². The average Bonchev–Trinajstić information content (AvgIpc) is 2.92. The first-order valence-electron chi connectivity index (χ1n) is 7.37. The molecule has 100 valence electrons. The summed E-state index contributed by atoms with van der Waals surface area (Å²) in [5.41, 5.74) is 6.16. The Labute approximate surface area is 122 Å². The predicted molar refractivity (Wildman–Crippen MR) is 86.4 cm³/mol. The van der Waals surface area contributed by atoms with Gasteiger partial charge < -0.3 is 4.57 Å². The summed E-state index contributed by atoms with van der Waals surface area (Å²) >= 11 is 0. The molecule has 1 aliphatic rings. The minimum Gasteiger partial charge on any atom is -0.339 e. The molecule has 0 N–H and O–H groups in total. The molecule has 1 aliphatic heterocycles. The summed E-state index contributed by atoms with van der Waals surface area (Å²) in [6.07, 6.45) is 1.05. The van der Waals surface area contributed by atoms with E-state index in [2.05, 4.69) is 65.2 Å². The Morgan fingerprint density at radius 3 is 2.62 bits per heavy atom. The number of aryl methyl sites for hydroxylation is 2. The van der Waals surface area contributed by atoms with E-state index in [4.69, 9.17) is 4.98 Å². The summed E-state index contributed by atoms with van der Waals surface area (Å²) < 4.78 is 2.40. The molecule has 2 heteroatoms. The zero-order valence-electron chi connectivity index (χ0n) is 11.6. The van der Waals surface area contributed by atoms with Crippen molar-refractivity contribution in [3.63, 3.8) is 0 Å². The lowest BCUT2D eigenvalue weighted by atomic mass is 10.0. The Kier molecular flexibility index (Phi) is 2.09. The van der Waals surface area contributed by atoms with Crippen LogP contribution in [0.1, 0.15) is 5.56 Å². The molecule has 3 heterocycles. The van der Waals surface area contributed by atoms with Gasteiger partial charge in [0.05, 0.1) is 16.9 Å². The minimum atomic E-state index is 1.04. The Hall–Kier alpha value is -2.61. The van der Waals surface area contributed by atoms with Crippen molar-refractivity contribution < 1.29 is 0 Å². The number of nitrogens with zero attached hydrogens (tertiary/aromatic N) is 2. The van der Waals surface area contributed by atoms with Crippen molar-refractivity contribution >= 4 is 21.8 Å². The molecule has 0 bridgehead atoms. The van der Waals surface area contributed by atoms with Crippen molar-refractivity contribution in [2.24, 2.45) is 0 Å². The van der Waals surface area contributed by atoms with Gasteiger partial charge in [-0.2, -0.15) is 0 Å². The lowest BCUT2D eigenvalue weighted by molar-refractivity contribution is 0.706. The maximum Gasteiger partial charge on any atom is 0.0907 e. The van der Waals surface area contributed by atoms with E-state index in [0.29, 0.717) is 0 Å². The van der Waals surface area contributed by atoms with Gasteiger partial charge in [0.15, 0.2) is 0 Å². The number of pyridine rings is 1. The van der Waals surface area contributed by atoms with Gasteiger partial charge in [-0.3, -0.25) is 0 Å². The number of hydrogen-bond acceptors (Lipinski definition) is 1. The van der Waals surface area contributed by atoms with E-state index in [0.717, 1.165) is 24.2 Å². The zero-order valence-corrected chi connectivity index (χ0v) is 11.6. The van der Waals surface area contributed by atoms with Crippen LogP contribution in [0.4, 0.5) is 0 Å². The average molecular weight is 270 g/mol. The van der Waals surface area contributed by atoms with Crippen molar-refractivity contribution in [2.45, 2.75) is 13.0 Å². The first-order chi connectivity index (χ1) is 10.4. The Morgan fingerprint density at radius 1 is 0.857 bits per heavy atom. The van der Waals surface area contributed by atoms with Gasteiger partial charge in [0.1, 0.15) is 0 Å². The fourth-order valence-corrected chi connectivity index (χ4v) is 3.45. The molecular weight excluding hydrogens is 256 g/mol. The molecule has 2 nitrogen and oxygen atoms in total.